The number of carbonyl (C=O) groups is 8. The molecule has 1 aromatic heterocycles. The number of hydrogen-bond acceptors (Lipinski definition) is 29. The molecule has 15 rings (SSSR count). The van der Waals surface area contributed by atoms with E-state index in [1.807, 2.05) is 50.2 Å². The number of benzene rings is 7. The van der Waals surface area contributed by atoms with Gasteiger partial charge < -0.3 is 128 Å². The van der Waals surface area contributed by atoms with Crippen molar-refractivity contribution in [1.29, 1.82) is 0 Å². The Bertz CT molecular complexity index is 5300. The molecule has 2 fully saturated rings. The number of phenolic OH excluding ortho intramolecular Hbond substituents is 3. The number of phenols is 3. The number of aromatic hydroxyl groups is 3. The summed E-state index contributed by atoms with van der Waals surface area (Å²) < 4.78 is 40.9. The zero-order valence-electron chi connectivity index (χ0n) is 64.8. The highest BCUT2D eigenvalue weighted by Gasteiger charge is 2.53. The molecule has 0 spiro atoms. The zero-order valence-corrected chi connectivity index (χ0v) is 68.7. The summed E-state index contributed by atoms with van der Waals surface area (Å²) in [6.45, 7) is 7.18. The van der Waals surface area contributed by atoms with Gasteiger partial charge in [0.2, 0.25) is 58.5 Å². The minimum atomic E-state index is -2.37. The van der Waals surface area contributed by atoms with E-state index in [1.165, 1.54) is 25.2 Å². The molecule has 40 heteroatoms. The fourth-order valence-corrected chi connectivity index (χ4v) is 17.1. The van der Waals surface area contributed by atoms with Gasteiger partial charge >= 0.3 is 5.97 Å². The Hall–Kier alpha value is -10.7. The number of amides is 7. The number of nitrogens with two attached hydrogens (primary N) is 2. The maximum absolute atomic E-state index is 16.3. The fourth-order valence-electron chi connectivity index (χ4n) is 14.8. The number of nitrogens with one attached hydrogen (secondary N) is 8. The minimum Gasteiger partial charge on any atom is -0.508 e. The van der Waals surface area contributed by atoms with E-state index in [1.54, 1.807) is 26.0 Å². The maximum atomic E-state index is 16.3. The van der Waals surface area contributed by atoms with Crippen LogP contribution in [0.2, 0.25) is 15.1 Å². The van der Waals surface area contributed by atoms with Crippen LogP contribution in [0.25, 0.3) is 22.3 Å². The van der Waals surface area contributed by atoms with E-state index in [9.17, 15) is 60.3 Å². The van der Waals surface area contributed by atoms with Crippen LogP contribution in [-0.2, 0) is 59.1 Å². The van der Waals surface area contributed by atoms with Gasteiger partial charge in [-0.3, -0.25) is 33.6 Å². The summed E-state index contributed by atoms with van der Waals surface area (Å²) in [6.07, 6.45) is -18.2. The monoisotopic (exact) mass is 1760 g/mol. The quantitative estimate of drug-likeness (QED) is 0.0445. The Kier molecular flexibility index (Phi) is 26.9. The number of aliphatic hydroxyl groups is 5. The van der Waals surface area contributed by atoms with Crippen LogP contribution >= 0.6 is 57.9 Å². The molecule has 35 nitrogen and oxygen atoms in total. The van der Waals surface area contributed by atoms with Gasteiger partial charge in [-0.05, 0) is 139 Å². The summed E-state index contributed by atoms with van der Waals surface area (Å²) in [5.74, 6) is -16.1. The lowest BCUT2D eigenvalue weighted by molar-refractivity contribution is -0.330. The van der Waals surface area contributed by atoms with Crippen LogP contribution in [0.5, 0.6) is 46.0 Å². The number of rotatable bonds is 19. The number of thioether (sulfide) groups is 1. The van der Waals surface area contributed by atoms with Crippen molar-refractivity contribution in [3.63, 3.8) is 0 Å². The van der Waals surface area contributed by atoms with E-state index in [0.29, 0.717) is 9.36 Å². The summed E-state index contributed by atoms with van der Waals surface area (Å²) in [5, 5.41) is 136. The third kappa shape index (κ3) is 19.6. The molecular formula is C81H85Cl3N12O23S2. The van der Waals surface area contributed by atoms with E-state index in [4.69, 9.17) is 74.7 Å². The van der Waals surface area contributed by atoms with E-state index in [0.717, 1.165) is 100 Å². The fraction of sp³-hybridized carbons (Fsp3) is 0.358. The summed E-state index contributed by atoms with van der Waals surface area (Å²) >= 11 is 22.6. The average molecular weight is 1770 g/mol. The molecule has 8 aromatic rings. The molecule has 9 unspecified atom stereocenters. The largest absolute Gasteiger partial charge is 0.508 e. The summed E-state index contributed by atoms with van der Waals surface area (Å²) in [4.78, 5) is 119. The van der Waals surface area contributed by atoms with Gasteiger partial charge in [-0.25, -0.2) is 4.79 Å². The first-order valence-corrected chi connectivity index (χ1v) is 40.8. The Morgan fingerprint density at radius 3 is 1.93 bits per heavy atom. The number of carboxylic acid groups (broad SMARTS) is 1. The molecule has 11 bridgehead atoms. The molecule has 7 aliphatic heterocycles. The van der Waals surface area contributed by atoms with Crippen LogP contribution < -0.4 is 68.2 Å². The van der Waals surface area contributed by atoms with Crippen LogP contribution in [-0.4, -0.2) is 195 Å². The number of carbonyl (C=O) groups excluding carboxylic acids is 7. The van der Waals surface area contributed by atoms with Gasteiger partial charge in [0.25, 0.3) is 0 Å². The lowest BCUT2D eigenvalue weighted by Gasteiger charge is -2.48. The van der Waals surface area contributed by atoms with Crippen molar-refractivity contribution >= 4 is 110 Å². The SMILES string of the molecule is CN[C@@H](CC(C)C)C(=O)N[C@H]1C(=O)N[C@@H](CC(N)=O)C(=O)N[C@H]2C(=O)N[C@H]3C(=O)N[C@H](C(=O)N[C@@H](C(=O)O)c4cc(O)cc(O)c4-c4cc3ccc4O)[C@H](O)c3ccc(c(Cl)c3)Oc3cc2cc(c3OC2OC(CSc3nnc(N)s3)C(O)C(O)C2OC2CC(C)(NCc3ccc(-c4ccc(Cl)cc4)cc3)C(O)C(C)O2)Oc2ccc(cc2Cl)[C@H]1O. The molecule has 640 valence electrons. The second kappa shape index (κ2) is 36.9. The Morgan fingerprint density at radius 1 is 0.694 bits per heavy atom. The summed E-state index contributed by atoms with van der Waals surface area (Å²) in [5.41, 5.74) is 10.4. The highest BCUT2D eigenvalue weighted by atomic mass is 35.5. The second-order valence-electron chi connectivity index (χ2n) is 30.2. The molecule has 7 aliphatic rings. The van der Waals surface area contributed by atoms with Crippen molar-refractivity contribution in [1.82, 2.24) is 52.7 Å². The van der Waals surface area contributed by atoms with Crippen LogP contribution in [0.15, 0.2) is 132 Å². The van der Waals surface area contributed by atoms with Crippen molar-refractivity contribution in [2.75, 3.05) is 18.5 Å². The molecule has 8 heterocycles. The number of nitrogens with zero attached hydrogens (tertiary/aromatic N) is 2. The van der Waals surface area contributed by atoms with E-state index >= 15 is 24.0 Å². The van der Waals surface area contributed by atoms with E-state index in [2.05, 4.69) is 52.7 Å². The van der Waals surface area contributed by atoms with Gasteiger partial charge in [-0.1, -0.05) is 126 Å². The highest BCUT2D eigenvalue weighted by molar-refractivity contribution is 8.01. The van der Waals surface area contributed by atoms with Gasteiger partial charge in [0.15, 0.2) is 34.3 Å². The molecule has 0 radical (unpaired) electrons. The van der Waals surface area contributed by atoms with Crippen molar-refractivity contribution < 1.29 is 113 Å². The zero-order chi connectivity index (χ0) is 86.9. The molecule has 18 atom stereocenters. The van der Waals surface area contributed by atoms with Crippen LogP contribution in [0.1, 0.15) is 111 Å². The molecule has 121 heavy (non-hydrogen) atoms. The van der Waals surface area contributed by atoms with Gasteiger partial charge in [0, 0.05) is 52.0 Å². The number of aromatic nitrogens is 2. The maximum Gasteiger partial charge on any atom is 0.330 e. The highest BCUT2D eigenvalue weighted by Crippen LogP contribution is 2.50. The van der Waals surface area contributed by atoms with Gasteiger partial charge in [0.1, 0.15) is 83.4 Å². The minimum absolute atomic E-state index is 0.0925. The summed E-state index contributed by atoms with van der Waals surface area (Å²) in [7, 11) is 1.48. The van der Waals surface area contributed by atoms with Crippen molar-refractivity contribution in [2.24, 2.45) is 11.7 Å². The van der Waals surface area contributed by atoms with E-state index < -0.39 is 225 Å². The lowest BCUT2D eigenvalue weighted by atomic mass is 9.84. The van der Waals surface area contributed by atoms with Crippen molar-refractivity contribution in [3.05, 3.63) is 176 Å². The average Bonchev–Trinajstić information content (AvgIpc) is 1.14. The third-order valence-corrected chi connectivity index (χ3v) is 24.0. The Morgan fingerprint density at radius 2 is 1.31 bits per heavy atom. The second-order valence-corrected chi connectivity index (χ2v) is 33.7. The number of ether oxygens (including phenoxy) is 6. The van der Waals surface area contributed by atoms with Crippen LogP contribution in [0.4, 0.5) is 5.13 Å². The Labute approximate surface area is 713 Å². The number of aliphatic carboxylic acids is 1. The number of hydrogen-bond donors (Lipinski definition) is 19. The number of primary amides is 1. The first-order valence-electron chi connectivity index (χ1n) is 37.9. The van der Waals surface area contributed by atoms with Crippen LogP contribution in [0.3, 0.4) is 0 Å². The molecule has 21 N–H and O–H groups in total. The Balaban J connectivity index is 0.998. The summed E-state index contributed by atoms with van der Waals surface area (Å²) in [6, 6.07) is 14.5. The molecule has 7 aromatic carbocycles. The molecular weight excluding hydrogens is 1680 g/mol. The van der Waals surface area contributed by atoms with Crippen molar-refractivity contribution in [2.45, 2.75) is 167 Å². The number of fused-ring (bicyclic) bond motifs is 15. The first kappa shape index (κ1) is 88.1. The predicted molar refractivity (Wildman–Crippen MR) is 437 cm³/mol. The predicted octanol–water partition coefficient (Wildman–Crippen LogP) is 5.49. The molecule has 2 saturated heterocycles. The first-order chi connectivity index (χ1) is 57.5. The van der Waals surface area contributed by atoms with Gasteiger partial charge in [0.05, 0.1) is 40.8 Å². The molecule has 7 amide bonds. The lowest BCUT2D eigenvalue weighted by Crippen LogP contribution is -2.65. The number of aliphatic hydroxyl groups excluding tert-OH is 5. The number of nitrogen functional groups attached to an aromatic ring is 1. The molecule has 0 saturated carbocycles. The third-order valence-electron chi connectivity index (χ3n) is 21.2. The van der Waals surface area contributed by atoms with Gasteiger partial charge in [-0.15, -0.1) is 10.2 Å². The smallest absolute Gasteiger partial charge is 0.330 e. The topological polar surface area (TPSA) is 548 Å². The number of carboxylic acids is 1. The molecule has 0 aliphatic carbocycles. The normalized spacial score (nSPS) is 26.5. The van der Waals surface area contributed by atoms with Crippen molar-refractivity contribution in [3.8, 4) is 68.2 Å². The number of halogens is 3. The van der Waals surface area contributed by atoms with E-state index in [-0.39, 0.29) is 69.4 Å². The standard InChI is InChI=1S/C81H85Cl3N12O23S2/c1-32(2)20-47(87-5)71(106)93-62-64(101)38-13-18-51(45(83)22-38)115-53-24-40-25-54(68(53)119-78-69(67(104)66(103)55(117-78)31-120-80-96-95-79(86)121-80)118-57-29-81(4,70(105)33(3)114-57)88-30-34-6-8-35(9-7-34)36-10-15-41(82)16-11-36)116-52-19-14-39(23-46(52)84)65(102)63-76(111)92-61(77(112)113)44-26-42(97)27-50(99)58(44)43-21-37(12-17-49(43)98)59(73(108)94-63)91-74(109)60(40)90-72(107)48(28-56(85)100)89-75(62)110/h6-19,21-27,32-33,47-48,55,57,59-67,69-70,78,87-88,97-99,101-105H,20,28-31H2,1-5H3,(H2,85,100)(H2,86,95)(H,89,110)(H,90,107)(H,91,109)(H,92,111)(H,93,106)(H,94,108)(H,112,113)/t33?,47-,48-,55?,57?,59+,60+,61+,62+,63-,64+,65+,66?,67?,69?,70?,78?,81?/m0/s1. The van der Waals surface area contributed by atoms with Crippen LogP contribution in [0, 0.1) is 5.92 Å². The van der Waals surface area contributed by atoms with Gasteiger partial charge in [-0.2, -0.15) is 0 Å². The number of anilines is 1. The number of likely N-dealkylation sites (N-methyl/N-ethyl adjacent to an activating group) is 1.